The van der Waals surface area contributed by atoms with Gasteiger partial charge in [-0.25, -0.2) is 0 Å². The molecule has 1 aromatic rings. The molecule has 1 saturated heterocycles. The molecule has 0 saturated carbocycles. The Labute approximate surface area is 75.6 Å². The van der Waals surface area contributed by atoms with Crippen molar-refractivity contribution < 1.29 is 14.3 Å². The maximum Gasteiger partial charge on any atom is 0.320 e. The summed E-state index contributed by atoms with van der Waals surface area (Å²) in [5, 5.41) is 11.8. The van der Waals surface area contributed by atoms with E-state index in [-0.39, 0.29) is 6.04 Å². The van der Waals surface area contributed by atoms with Crippen molar-refractivity contribution in [2.45, 2.75) is 24.9 Å². The fourth-order valence-electron chi connectivity index (χ4n) is 1.67. The van der Waals surface area contributed by atoms with Crippen molar-refractivity contribution in [3.05, 3.63) is 24.2 Å². The van der Waals surface area contributed by atoms with E-state index < -0.39 is 12.0 Å². The lowest BCUT2D eigenvalue weighted by molar-refractivity contribution is -0.139. The topological polar surface area (TPSA) is 62.5 Å². The lowest BCUT2D eigenvalue weighted by atomic mass is 10.1. The molecule has 2 N–H and O–H groups in total. The predicted molar refractivity (Wildman–Crippen MR) is 45.2 cm³/mol. The van der Waals surface area contributed by atoms with Crippen LogP contribution in [0.1, 0.15) is 24.4 Å². The van der Waals surface area contributed by atoms with Crippen LogP contribution in [0, 0.1) is 0 Å². The summed E-state index contributed by atoms with van der Waals surface area (Å²) in [6.45, 7) is 0. The van der Waals surface area contributed by atoms with E-state index in [1.165, 1.54) is 0 Å². The van der Waals surface area contributed by atoms with E-state index in [9.17, 15) is 4.79 Å². The first-order chi connectivity index (χ1) is 6.27. The van der Waals surface area contributed by atoms with Crippen LogP contribution >= 0.6 is 0 Å². The lowest BCUT2D eigenvalue weighted by Gasteiger charge is -2.08. The van der Waals surface area contributed by atoms with Gasteiger partial charge in [-0.2, -0.15) is 0 Å². The van der Waals surface area contributed by atoms with Crippen LogP contribution in [-0.4, -0.2) is 17.1 Å². The second kappa shape index (κ2) is 3.22. The monoisotopic (exact) mass is 181 g/mol. The zero-order valence-corrected chi connectivity index (χ0v) is 7.06. The normalized spacial score (nSPS) is 27.7. The Morgan fingerprint density at radius 2 is 2.46 bits per heavy atom. The number of nitrogens with one attached hydrogen (secondary N) is 1. The summed E-state index contributed by atoms with van der Waals surface area (Å²) in [6.07, 6.45) is 4.80. The van der Waals surface area contributed by atoms with Crippen LogP contribution in [-0.2, 0) is 4.79 Å². The van der Waals surface area contributed by atoms with Crippen molar-refractivity contribution in [2.75, 3.05) is 0 Å². The molecule has 4 heteroatoms. The molecule has 70 valence electrons. The molecule has 0 aromatic carbocycles. The molecule has 0 bridgehead atoms. The highest BCUT2D eigenvalue weighted by molar-refractivity contribution is 5.73. The third kappa shape index (κ3) is 1.58. The van der Waals surface area contributed by atoms with Crippen LogP contribution in [0.5, 0.6) is 0 Å². The van der Waals surface area contributed by atoms with E-state index >= 15 is 0 Å². The van der Waals surface area contributed by atoms with E-state index in [2.05, 4.69) is 5.32 Å². The van der Waals surface area contributed by atoms with Gasteiger partial charge in [0.2, 0.25) is 0 Å². The number of carboxylic acids is 1. The smallest absolute Gasteiger partial charge is 0.320 e. The number of aliphatic carboxylic acids is 1. The molecule has 4 nitrogen and oxygen atoms in total. The highest BCUT2D eigenvalue weighted by Gasteiger charge is 2.29. The molecule has 0 aliphatic carbocycles. The molecule has 1 aliphatic heterocycles. The fourth-order valence-corrected chi connectivity index (χ4v) is 1.67. The number of carbonyl (C=O) groups is 1. The number of hydrogen-bond acceptors (Lipinski definition) is 3. The van der Waals surface area contributed by atoms with E-state index in [4.69, 9.17) is 9.52 Å². The summed E-state index contributed by atoms with van der Waals surface area (Å²) in [6, 6.07) is 1.60. The Morgan fingerprint density at radius 3 is 3.00 bits per heavy atom. The van der Waals surface area contributed by atoms with E-state index in [1.54, 1.807) is 12.5 Å². The quantitative estimate of drug-likeness (QED) is 0.718. The van der Waals surface area contributed by atoms with E-state index in [1.807, 2.05) is 6.07 Å². The maximum absolute atomic E-state index is 10.6. The van der Waals surface area contributed by atoms with Gasteiger partial charge in [0.05, 0.1) is 12.5 Å². The van der Waals surface area contributed by atoms with Gasteiger partial charge in [-0.1, -0.05) is 0 Å². The Morgan fingerprint density at radius 1 is 1.62 bits per heavy atom. The van der Waals surface area contributed by atoms with Gasteiger partial charge in [-0.05, 0) is 18.9 Å². The summed E-state index contributed by atoms with van der Waals surface area (Å²) >= 11 is 0. The first-order valence-electron chi connectivity index (χ1n) is 4.28. The minimum atomic E-state index is -0.772. The molecular formula is C9H11NO3. The third-order valence-corrected chi connectivity index (χ3v) is 2.39. The Hall–Kier alpha value is -1.29. The average Bonchev–Trinajstić information content (AvgIpc) is 2.75. The fraction of sp³-hybridized carbons (Fsp3) is 0.444. The molecule has 0 amide bonds. The first-order valence-corrected chi connectivity index (χ1v) is 4.28. The van der Waals surface area contributed by atoms with Crippen LogP contribution in [0.25, 0.3) is 0 Å². The number of hydrogen-bond donors (Lipinski definition) is 2. The van der Waals surface area contributed by atoms with Crippen LogP contribution < -0.4 is 5.32 Å². The maximum atomic E-state index is 10.6. The third-order valence-electron chi connectivity index (χ3n) is 2.39. The number of furan rings is 1. The minimum absolute atomic E-state index is 0.139. The van der Waals surface area contributed by atoms with Crippen molar-refractivity contribution in [3.63, 3.8) is 0 Å². The van der Waals surface area contributed by atoms with Gasteiger partial charge >= 0.3 is 5.97 Å². The first kappa shape index (κ1) is 8.31. The summed E-state index contributed by atoms with van der Waals surface area (Å²) in [7, 11) is 0. The zero-order valence-electron chi connectivity index (χ0n) is 7.06. The average molecular weight is 181 g/mol. The van der Waals surface area contributed by atoms with Crippen LogP contribution in [0.3, 0.4) is 0 Å². The number of carboxylic acid groups (broad SMARTS) is 1. The van der Waals surface area contributed by atoms with Gasteiger partial charge < -0.3 is 9.52 Å². The minimum Gasteiger partial charge on any atom is -0.480 e. The Bertz CT molecular complexity index is 294. The van der Waals surface area contributed by atoms with E-state index in [0.29, 0.717) is 6.42 Å². The molecule has 1 aliphatic rings. The van der Waals surface area contributed by atoms with Gasteiger partial charge in [0, 0.05) is 11.6 Å². The largest absolute Gasteiger partial charge is 0.480 e. The Balaban J connectivity index is 2.03. The van der Waals surface area contributed by atoms with Crippen LogP contribution in [0.4, 0.5) is 0 Å². The van der Waals surface area contributed by atoms with Gasteiger partial charge in [0.1, 0.15) is 6.04 Å². The molecule has 0 spiro atoms. The van der Waals surface area contributed by atoms with Crippen molar-refractivity contribution in [2.24, 2.45) is 0 Å². The number of rotatable bonds is 2. The standard InChI is InChI=1S/C9H11NO3/c11-9(12)8-2-1-7(10-8)6-3-4-13-5-6/h3-5,7-8,10H,1-2H2,(H,11,12). The van der Waals surface area contributed by atoms with Crippen molar-refractivity contribution in [1.29, 1.82) is 0 Å². The zero-order chi connectivity index (χ0) is 9.26. The molecule has 2 unspecified atom stereocenters. The van der Waals surface area contributed by atoms with Crippen LogP contribution in [0.15, 0.2) is 23.0 Å². The van der Waals surface area contributed by atoms with Gasteiger partial charge in [-0.15, -0.1) is 0 Å². The lowest BCUT2D eigenvalue weighted by Crippen LogP contribution is -2.31. The van der Waals surface area contributed by atoms with Gasteiger partial charge in [-0.3, -0.25) is 10.1 Å². The predicted octanol–water partition coefficient (Wildman–Crippen LogP) is 1.16. The molecule has 2 heterocycles. The van der Waals surface area contributed by atoms with Crippen LogP contribution in [0.2, 0.25) is 0 Å². The molecule has 1 aromatic heterocycles. The summed E-state index contributed by atoms with van der Waals surface area (Å²) in [5.41, 5.74) is 1.03. The van der Waals surface area contributed by atoms with E-state index in [0.717, 1.165) is 12.0 Å². The highest BCUT2D eigenvalue weighted by atomic mass is 16.4. The van der Waals surface area contributed by atoms with Crippen molar-refractivity contribution >= 4 is 5.97 Å². The summed E-state index contributed by atoms with van der Waals surface area (Å²) in [5.74, 6) is -0.772. The molecule has 13 heavy (non-hydrogen) atoms. The Kier molecular flexibility index (Phi) is 2.06. The van der Waals surface area contributed by atoms with Crippen molar-refractivity contribution in [3.8, 4) is 0 Å². The molecule has 2 atom stereocenters. The summed E-state index contributed by atoms with van der Waals surface area (Å²) in [4.78, 5) is 10.6. The second-order valence-corrected chi connectivity index (χ2v) is 3.24. The SMILES string of the molecule is O=C(O)C1CCC(c2ccoc2)N1. The van der Waals surface area contributed by atoms with Gasteiger partial charge in [0.15, 0.2) is 0 Å². The molecular weight excluding hydrogens is 170 g/mol. The highest BCUT2D eigenvalue weighted by Crippen LogP contribution is 2.26. The molecule has 2 rings (SSSR count). The summed E-state index contributed by atoms with van der Waals surface area (Å²) < 4.78 is 4.94. The molecule has 0 radical (unpaired) electrons. The second-order valence-electron chi connectivity index (χ2n) is 3.24. The molecule has 1 fully saturated rings. The van der Waals surface area contributed by atoms with Gasteiger partial charge in [0.25, 0.3) is 0 Å². The van der Waals surface area contributed by atoms with Crippen molar-refractivity contribution in [1.82, 2.24) is 5.32 Å².